The molecule has 0 aliphatic rings. The third kappa shape index (κ3) is 2.03. The lowest BCUT2D eigenvalue weighted by Crippen LogP contribution is -2.09. The highest BCUT2D eigenvalue weighted by atomic mass is 16.5. The molecule has 64 valence electrons. The van der Waals surface area contributed by atoms with Crippen molar-refractivity contribution in [2.45, 2.75) is 20.3 Å². The molecule has 0 saturated carbocycles. The van der Waals surface area contributed by atoms with Crippen molar-refractivity contribution >= 4 is 13.3 Å². The Hall–Kier alpha value is -0.915. The van der Waals surface area contributed by atoms with E-state index in [-0.39, 0.29) is 0 Å². The van der Waals surface area contributed by atoms with E-state index < -0.39 is 0 Å². The lowest BCUT2D eigenvalue weighted by molar-refractivity contribution is 0.343. The Morgan fingerprint density at radius 1 is 1.33 bits per heavy atom. The fourth-order valence-corrected chi connectivity index (χ4v) is 1.25. The van der Waals surface area contributed by atoms with E-state index in [0.29, 0.717) is 0 Å². The summed E-state index contributed by atoms with van der Waals surface area (Å²) in [7, 11) is 2.09. The normalized spacial score (nSPS) is 9.83. The van der Waals surface area contributed by atoms with Crippen LogP contribution in [0.15, 0.2) is 18.2 Å². The molecule has 1 rings (SSSR count). The molecule has 0 aromatic heterocycles. The standard InChI is InChI=1S/C10H15BO/c1-3-8-5-6-10(12-4-2)9(11)7-8/h5-7H,3-4,11H2,1-2H3. The summed E-state index contributed by atoms with van der Waals surface area (Å²) in [6.07, 6.45) is 1.09. The van der Waals surface area contributed by atoms with Gasteiger partial charge in [0.25, 0.3) is 0 Å². The minimum atomic E-state index is 0.742. The first-order chi connectivity index (χ1) is 5.77. The van der Waals surface area contributed by atoms with Gasteiger partial charge in [0.1, 0.15) is 13.6 Å². The summed E-state index contributed by atoms with van der Waals surface area (Å²) in [6.45, 7) is 4.91. The van der Waals surface area contributed by atoms with Crippen molar-refractivity contribution in [1.29, 1.82) is 0 Å². The number of hydrogen-bond acceptors (Lipinski definition) is 1. The first-order valence-electron chi connectivity index (χ1n) is 4.50. The number of aryl methyl sites for hydroxylation is 1. The van der Waals surface area contributed by atoms with E-state index >= 15 is 0 Å². The van der Waals surface area contributed by atoms with Gasteiger partial charge in [0, 0.05) is 0 Å². The summed E-state index contributed by atoms with van der Waals surface area (Å²) in [5.74, 6) is 1.01. The van der Waals surface area contributed by atoms with Crippen LogP contribution in [0.4, 0.5) is 0 Å². The molecule has 1 aromatic rings. The van der Waals surface area contributed by atoms with Crippen LogP contribution in [0.25, 0.3) is 0 Å². The highest BCUT2D eigenvalue weighted by molar-refractivity contribution is 6.34. The van der Waals surface area contributed by atoms with Crippen LogP contribution in [0.5, 0.6) is 5.75 Å². The number of rotatable bonds is 3. The summed E-state index contributed by atoms with van der Waals surface area (Å²) in [5.41, 5.74) is 2.60. The molecule has 0 heterocycles. The predicted molar refractivity (Wildman–Crippen MR) is 55.2 cm³/mol. The Balaban J connectivity index is 2.87. The van der Waals surface area contributed by atoms with Gasteiger partial charge in [0.2, 0.25) is 0 Å². The van der Waals surface area contributed by atoms with Gasteiger partial charge in [-0.25, -0.2) is 0 Å². The zero-order valence-corrected chi connectivity index (χ0v) is 8.05. The summed E-state index contributed by atoms with van der Waals surface area (Å²) < 4.78 is 5.44. The summed E-state index contributed by atoms with van der Waals surface area (Å²) >= 11 is 0. The SMILES string of the molecule is Bc1cc(CC)ccc1OCC. The van der Waals surface area contributed by atoms with Crippen molar-refractivity contribution in [1.82, 2.24) is 0 Å². The molecule has 2 heteroatoms. The van der Waals surface area contributed by atoms with E-state index in [2.05, 4.69) is 33.0 Å². The molecule has 0 saturated heterocycles. The first kappa shape index (κ1) is 9.18. The van der Waals surface area contributed by atoms with Crippen LogP contribution in [0, 0.1) is 0 Å². The van der Waals surface area contributed by atoms with Crippen LogP contribution in [-0.2, 0) is 6.42 Å². The molecule has 0 aliphatic heterocycles. The smallest absolute Gasteiger partial charge is 0.144 e. The number of ether oxygens (including phenoxy) is 1. The lowest BCUT2D eigenvalue weighted by atomic mass is 9.92. The van der Waals surface area contributed by atoms with Crippen LogP contribution in [0.1, 0.15) is 19.4 Å². The Morgan fingerprint density at radius 3 is 2.58 bits per heavy atom. The average Bonchev–Trinajstić information content (AvgIpc) is 2.09. The average molecular weight is 162 g/mol. The monoisotopic (exact) mass is 162 g/mol. The van der Waals surface area contributed by atoms with Crippen molar-refractivity contribution < 1.29 is 4.74 Å². The van der Waals surface area contributed by atoms with Crippen molar-refractivity contribution in [2.75, 3.05) is 6.61 Å². The maximum atomic E-state index is 5.44. The first-order valence-corrected chi connectivity index (χ1v) is 4.50. The van der Waals surface area contributed by atoms with Crippen LogP contribution >= 0.6 is 0 Å². The van der Waals surface area contributed by atoms with E-state index in [1.165, 1.54) is 11.0 Å². The minimum absolute atomic E-state index is 0.742. The molecule has 0 N–H and O–H groups in total. The minimum Gasteiger partial charge on any atom is -0.494 e. The van der Waals surface area contributed by atoms with Gasteiger partial charge < -0.3 is 4.74 Å². The topological polar surface area (TPSA) is 9.23 Å². The van der Waals surface area contributed by atoms with E-state index in [0.717, 1.165) is 18.8 Å². The number of benzene rings is 1. The molecule has 0 radical (unpaired) electrons. The Labute approximate surface area is 75.2 Å². The molecule has 1 aromatic carbocycles. The Bertz CT molecular complexity index is 258. The van der Waals surface area contributed by atoms with Gasteiger partial charge in [0.05, 0.1) is 6.61 Å². The third-order valence-corrected chi connectivity index (χ3v) is 1.95. The van der Waals surface area contributed by atoms with E-state index in [1.54, 1.807) is 0 Å². The fraction of sp³-hybridized carbons (Fsp3) is 0.400. The van der Waals surface area contributed by atoms with Crippen LogP contribution in [0.3, 0.4) is 0 Å². The van der Waals surface area contributed by atoms with Gasteiger partial charge in [-0.05, 0) is 30.4 Å². The molecule has 0 fully saturated rings. The Kier molecular flexibility index (Phi) is 3.21. The zero-order chi connectivity index (χ0) is 8.97. The lowest BCUT2D eigenvalue weighted by Gasteiger charge is -2.07. The van der Waals surface area contributed by atoms with Crippen molar-refractivity contribution in [2.24, 2.45) is 0 Å². The fourth-order valence-electron chi connectivity index (χ4n) is 1.25. The van der Waals surface area contributed by atoms with Gasteiger partial charge in [-0.15, -0.1) is 0 Å². The quantitative estimate of drug-likeness (QED) is 0.600. The predicted octanol–water partition coefficient (Wildman–Crippen LogP) is 0.906. The Morgan fingerprint density at radius 2 is 2.08 bits per heavy atom. The van der Waals surface area contributed by atoms with Crippen LogP contribution in [0.2, 0.25) is 0 Å². The van der Waals surface area contributed by atoms with Crippen molar-refractivity contribution in [3.63, 3.8) is 0 Å². The molecule has 1 nitrogen and oxygen atoms in total. The molecule has 0 atom stereocenters. The van der Waals surface area contributed by atoms with Gasteiger partial charge in [0.15, 0.2) is 0 Å². The second-order valence-electron chi connectivity index (χ2n) is 2.89. The number of hydrogen-bond donors (Lipinski definition) is 0. The molecule has 0 unspecified atom stereocenters. The zero-order valence-electron chi connectivity index (χ0n) is 8.05. The highest BCUT2D eigenvalue weighted by Gasteiger charge is 1.98. The molecule has 0 spiro atoms. The summed E-state index contributed by atoms with van der Waals surface area (Å²) in [5, 5.41) is 0. The van der Waals surface area contributed by atoms with Crippen molar-refractivity contribution in [3.05, 3.63) is 23.8 Å². The van der Waals surface area contributed by atoms with E-state index in [9.17, 15) is 0 Å². The summed E-state index contributed by atoms with van der Waals surface area (Å²) in [4.78, 5) is 0. The van der Waals surface area contributed by atoms with Crippen molar-refractivity contribution in [3.8, 4) is 5.75 Å². The highest BCUT2D eigenvalue weighted by Crippen LogP contribution is 2.08. The maximum absolute atomic E-state index is 5.44. The van der Waals surface area contributed by atoms with E-state index in [1.807, 2.05) is 6.92 Å². The van der Waals surface area contributed by atoms with Crippen LogP contribution < -0.4 is 10.2 Å². The van der Waals surface area contributed by atoms with Gasteiger partial charge >= 0.3 is 0 Å². The molecule has 0 bridgehead atoms. The largest absolute Gasteiger partial charge is 0.494 e. The van der Waals surface area contributed by atoms with E-state index in [4.69, 9.17) is 4.74 Å². The van der Waals surface area contributed by atoms with Gasteiger partial charge in [-0.2, -0.15) is 0 Å². The molecule has 12 heavy (non-hydrogen) atoms. The molecule has 0 aliphatic carbocycles. The molecule has 0 amide bonds. The second kappa shape index (κ2) is 4.20. The third-order valence-electron chi connectivity index (χ3n) is 1.95. The second-order valence-corrected chi connectivity index (χ2v) is 2.89. The summed E-state index contributed by atoms with van der Waals surface area (Å²) in [6, 6.07) is 6.36. The maximum Gasteiger partial charge on any atom is 0.144 e. The molecular weight excluding hydrogens is 147 g/mol. The molecular formula is C10H15BO. The van der Waals surface area contributed by atoms with Crippen LogP contribution in [-0.4, -0.2) is 14.5 Å². The van der Waals surface area contributed by atoms with Gasteiger partial charge in [-0.1, -0.05) is 19.1 Å². The van der Waals surface area contributed by atoms with Gasteiger partial charge in [-0.3, -0.25) is 0 Å².